The van der Waals surface area contributed by atoms with E-state index in [0.29, 0.717) is 5.56 Å². The van der Waals surface area contributed by atoms with Crippen molar-refractivity contribution >= 4 is 52.4 Å². The van der Waals surface area contributed by atoms with Gasteiger partial charge in [0.1, 0.15) is 24.2 Å². The van der Waals surface area contributed by atoms with Gasteiger partial charge in [0.25, 0.3) is 0 Å². The monoisotopic (exact) mass is 782 g/mol. The van der Waals surface area contributed by atoms with Crippen molar-refractivity contribution in [1.29, 1.82) is 0 Å². The lowest BCUT2D eigenvalue weighted by Gasteiger charge is -2.24. The lowest BCUT2D eigenvalue weighted by molar-refractivity contribution is -0.142. The Morgan fingerprint density at radius 2 is 1.30 bits per heavy atom. The molecule has 0 saturated carbocycles. The molecule has 0 aliphatic carbocycles. The normalized spacial score (nSPS) is 13.5. The Balaban J connectivity index is 1.42. The van der Waals surface area contributed by atoms with Crippen LogP contribution in [0.4, 0.5) is 0 Å². The fourth-order valence-corrected chi connectivity index (χ4v) is 6.00. The zero-order chi connectivity index (χ0) is 41.3. The number of aliphatic imine (C=N–C) groups is 1. The quantitative estimate of drug-likeness (QED) is 0.0300. The minimum absolute atomic E-state index is 0.0296. The summed E-state index contributed by atoms with van der Waals surface area (Å²) in [7, 11) is 0. The van der Waals surface area contributed by atoms with Gasteiger partial charge < -0.3 is 53.9 Å². The molecule has 13 N–H and O–H groups in total. The SMILES string of the molecule is C[C@H](NC(=O)[C@H](Cc1c[nH]c2ccccc12)NC(=O)[C@@H](N)Cc1ccccc1)C(=O)N[C@@H](Cc1ccccc1)C(=O)NCC(=O)N[C@@H](CCCN=C(N)N)C(=O)O. The van der Waals surface area contributed by atoms with Crippen molar-refractivity contribution in [3.05, 3.63) is 108 Å². The number of nitrogens with two attached hydrogens (primary N) is 3. The second-order valence-corrected chi connectivity index (χ2v) is 13.5. The first-order chi connectivity index (χ1) is 27.3. The first-order valence-corrected chi connectivity index (χ1v) is 18.5. The summed E-state index contributed by atoms with van der Waals surface area (Å²) in [5, 5.41) is 23.3. The maximum absolute atomic E-state index is 13.8. The Labute approximate surface area is 329 Å². The number of carbonyl (C=O) groups is 6. The number of hydrogen-bond donors (Lipinski definition) is 10. The van der Waals surface area contributed by atoms with Crippen LogP contribution in [0.5, 0.6) is 0 Å². The summed E-state index contributed by atoms with van der Waals surface area (Å²) < 4.78 is 0. The highest BCUT2D eigenvalue weighted by Gasteiger charge is 2.30. The van der Waals surface area contributed by atoms with Gasteiger partial charge in [-0.15, -0.1) is 0 Å². The summed E-state index contributed by atoms with van der Waals surface area (Å²) in [5.41, 5.74) is 20.0. The van der Waals surface area contributed by atoms with Crippen LogP contribution in [0.15, 0.2) is 96.1 Å². The highest BCUT2D eigenvalue weighted by atomic mass is 16.4. The number of benzene rings is 3. The van der Waals surface area contributed by atoms with Crippen LogP contribution in [0.25, 0.3) is 10.9 Å². The second kappa shape index (κ2) is 21.4. The third-order valence-corrected chi connectivity index (χ3v) is 9.04. The number of H-pyrrole nitrogens is 1. The molecule has 0 unspecified atom stereocenters. The third kappa shape index (κ3) is 13.8. The van der Waals surface area contributed by atoms with E-state index in [2.05, 4.69) is 36.6 Å². The van der Waals surface area contributed by atoms with Gasteiger partial charge in [-0.2, -0.15) is 0 Å². The van der Waals surface area contributed by atoms with Gasteiger partial charge in [-0.25, -0.2) is 4.79 Å². The Hall–Kier alpha value is -6.75. The van der Waals surface area contributed by atoms with Crippen molar-refractivity contribution in [2.75, 3.05) is 13.1 Å². The number of carboxylic acids is 1. The number of nitrogens with one attached hydrogen (secondary N) is 6. The van der Waals surface area contributed by atoms with Crippen LogP contribution < -0.4 is 43.8 Å². The van der Waals surface area contributed by atoms with E-state index in [1.165, 1.54) is 6.92 Å². The molecule has 4 rings (SSSR count). The molecule has 5 amide bonds. The lowest BCUT2D eigenvalue weighted by Crippen LogP contribution is -2.58. The fraction of sp³-hybridized carbons (Fsp3) is 0.325. The number of carbonyl (C=O) groups excluding carboxylic acids is 5. The van der Waals surface area contributed by atoms with E-state index in [1.54, 1.807) is 36.5 Å². The number of aromatic nitrogens is 1. The number of para-hydroxylation sites is 1. The van der Waals surface area contributed by atoms with Gasteiger partial charge in [-0.05, 0) is 48.9 Å². The molecule has 1 heterocycles. The molecule has 17 heteroatoms. The maximum atomic E-state index is 13.8. The number of guanidine groups is 1. The van der Waals surface area contributed by atoms with E-state index in [0.717, 1.165) is 22.0 Å². The minimum Gasteiger partial charge on any atom is -0.480 e. The second-order valence-electron chi connectivity index (χ2n) is 13.5. The van der Waals surface area contributed by atoms with E-state index in [9.17, 15) is 33.9 Å². The standard InChI is InChI=1S/C40H50N10O7/c1-24(47-38(55)33(21-27-22-45-30-16-9-8-15-28(27)30)50-36(53)29(41)19-25-11-4-2-5-12-25)35(52)49-32(20-26-13-6-3-7-14-26)37(54)46-23-34(51)48-31(39(56)57)17-10-18-44-40(42)43/h2-9,11-16,22,24,29,31-33,45H,10,17-21,23,41H2,1H3,(H,46,54)(H,47,55)(H,48,51)(H,49,52)(H,50,53)(H,56,57)(H4,42,43,44)/t24-,29-,31-,32-,33-/m0/s1. The predicted octanol–water partition coefficient (Wildman–Crippen LogP) is -0.263. The number of nitrogens with zero attached hydrogens (tertiary/aromatic N) is 1. The summed E-state index contributed by atoms with van der Waals surface area (Å²) in [6.07, 6.45) is 2.41. The van der Waals surface area contributed by atoms with Crippen LogP contribution in [-0.4, -0.2) is 94.9 Å². The predicted molar refractivity (Wildman–Crippen MR) is 214 cm³/mol. The van der Waals surface area contributed by atoms with Crippen molar-refractivity contribution in [3.8, 4) is 0 Å². The van der Waals surface area contributed by atoms with Gasteiger partial charge in [-0.1, -0.05) is 78.9 Å². The Morgan fingerprint density at radius 1 is 0.702 bits per heavy atom. The third-order valence-electron chi connectivity index (χ3n) is 9.04. The number of aliphatic carboxylic acids is 1. The number of fused-ring (bicyclic) bond motifs is 1. The van der Waals surface area contributed by atoms with Crippen LogP contribution in [-0.2, 0) is 48.0 Å². The molecule has 17 nitrogen and oxygen atoms in total. The van der Waals surface area contributed by atoms with Gasteiger partial charge in [-0.3, -0.25) is 29.0 Å². The molecule has 0 fully saturated rings. The van der Waals surface area contributed by atoms with E-state index >= 15 is 0 Å². The van der Waals surface area contributed by atoms with Crippen LogP contribution in [0, 0.1) is 0 Å². The van der Waals surface area contributed by atoms with Crippen LogP contribution >= 0.6 is 0 Å². The maximum Gasteiger partial charge on any atom is 0.326 e. The van der Waals surface area contributed by atoms with Crippen LogP contribution in [0.1, 0.15) is 36.5 Å². The summed E-state index contributed by atoms with van der Waals surface area (Å²) in [6, 6.07) is 19.8. The average molecular weight is 783 g/mol. The molecule has 0 aliphatic heterocycles. The molecule has 0 radical (unpaired) electrons. The summed E-state index contributed by atoms with van der Waals surface area (Å²) >= 11 is 0. The number of aromatic amines is 1. The van der Waals surface area contributed by atoms with Crippen LogP contribution in [0.2, 0.25) is 0 Å². The van der Waals surface area contributed by atoms with Gasteiger partial charge in [0.2, 0.25) is 29.5 Å². The molecule has 3 aromatic carbocycles. The largest absolute Gasteiger partial charge is 0.480 e. The van der Waals surface area contributed by atoms with Crippen molar-refractivity contribution in [3.63, 3.8) is 0 Å². The molecule has 57 heavy (non-hydrogen) atoms. The zero-order valence-electron chi connectivity index (χ0n) is 31.6. The first kappa shape index (κ1) is 43.0. The van der Waals surface area contributed by atoms with Gasteiger partial charge >= 0.3 is 5.97 Å². The topological polar surface area (TPSA) is 289 Å². The smallest absolute Gasteiger partial charge is 0.326 e. The molecular weight excluding hydrogens is 733 g/mol. The molecule has 1 aromatic heterocycles. The Morgan fingerprint density at radius 3 is 1.95 bits per heavy atom. The molecule has 302 valence electrons. The average Bonchev–Trinajstić information content (AvgIpc) is 3.60. The van der Waals surface area contributed by atoms with Crippen molar-refractivity contribution in [1.82, 2.24) is 31.6 Å². The van der Waals surface area contributed by atoms with E-state index < -0.39 is 72.3 Å². The van der Waals surface area contributed by atoms with Gasteiger partial charge in [0.05, 0.1) is 12.6 Å². The number of amides is 5. The lowest BCUT2D eigenvalue weighted by atomic mass is 10.0. The fourth-order valence-electron chi connectivity index (χ4n) is 6.00. The van der Waals surface area contributed by atoms with Gasteiger partial charge in [0.15, 0.2) is 5.96 Å². The van der Waals surface area contributed by atoms with Crippen molar-refractivity contribution in [2.45, 2.75) is 69.2 Å². The Bertz CT molecular complexity index is 2020. The van der Waals surface area contributed by atoms with Gasteiger partial charge in [0, 0.05) is 36.5 Å². The zero-order valence-corrected chi connectivity index (χ0v) is 31.6. The minimum atomic E-state index is -1.28. The Kier molecular flexibility index (Phi) is 16.1. The molecule has 4 aromatic rings. The molecule has 0 spiro atoms. The van der Waals surface area contributed by atoms with Crippen molar-refractivity contribution in [2.24, 2.45) is 22.2 Å². The summed E-state index contributed by atoms with van der Waals surface area (Å²) in [5.74, 6) is -4.84. The van der Waals surface area contributed by atoms with Crippen LogP contribution in [0.3, 0.4) is 0 Å². The first-order valence-electron chi connectivity index (χ1n) is 18.5. The molecule has 5 atom stereocenters. The van der Waals surface area contributed by atoms with E-state index in [-0.39, 0.29) is 44.6 Å². The molecular formula is C40H50N10O7. The number of hydrogen-bond acceptors (Lipinski definition) is 8. The van der Waals surface area contributed by atoms with E-state index in [1.807, 2.05) is 54.6 Å². The highest BCUT2D eigenvalue weighted by Crippen LogP contribution is 2.19. The summed E-state index contributed by atoms with van der Waals surface area (Å²) in [4.78, 5) is 85.5. The van der Waals surface area contributed by atoms with E-state index in [4.69, 9.17) is 17.2 Å². The number of carboxylic acid groups (broad SMARTS) is 1. The highest BCUT2D eigenvalue weighted by molar-refractivity contribution is 5.96. The summed E-state index contributed by atoms with van der Waals surface area (Å²) in [6.45, 7) is 1.02. The molecule has 0 bridgehead atoms. The molecule has 0 saturated heterocycles. The molecule has 0 aliphatic rings. The van der Waals surface area contributed by atoms with Crippen molar-refractivity contribution < 1.29 is 33.9 Å². The number of rotatable bonds is 21.